The first-order chi connectivity index (χ1) is 31.8. The lowest BCUT2D eigenvalue weighted by molar-refractivity contribution is 0.630. The fourth-order valence-electron chi connectivity index (χ4n) is 12.0. The highest BCUT2D eigenvalue weighted by Crippen LogP contribution is 2.51. The molecule has 2 aromatic heterocycles. The summed E-state index contributed by atoms with van der Waals surface area (Å²) in [5.41, 5.74) is 28.6. The van der Waals surface area contributed by atoms with Gasteiger partial charge in [-0.15, -0.1) is 27.3 Å². The topological polar surface area (TPSA) is 26.3 Å². The van der Waals surface area contributed by atoms with Crippen molar-refractivity contribution in [2.24, 2.45) is 0 Å². The second kappa shape index (κ2) is 14.5. The van der Waals surface area contributed by atoms with Crippen LogP contribution in [0.1, 0.15) is 25.0 Å². The largest absolute Gasteiger partial charge is 0.456 e. The number of fused-ring (bicyclic) bond motifs is 9. The van der Waals surface area contributed by atoms with Gasteiger partial charge in [-0.3, -0.25) is 0 Å². The van der Waals surface area contributed by atoms with E-state index in [1.165, 1.54) is 115 Å². The lowest BCUT2D eigenvalue weighted by Crippen LogP contribution is -2.55. The molecular weight excluding hydrogens is 790 g/mol. The van der Waals surface area contributed by atoms with E-state index in [2.05, 4.69) is 212 Å². The molecule has 0 fully saturated rings. The Morgan fingerprint density at radius 2 is 0.909 bits per heavy atom. The van der Waals surface area contributed by atoms with E-state index in [-0.39, 0.29) is 5.41 Å². The van der Waals surface area contributed by atoms with Gasteiger partial charge in [0.15, 0.2) is 0 Å². The highest BCUT2D eigenvalue weighted by molar-refractivity contribution is 6.71. The van der Waals surface area contributed by atoms with Crippen molar-refractivity contribution in [3.8, 4) is 55.8 Å². The van der Waals surface area contributed by atoms with Crippen LogP contribution in [0.4, 0.5) is 0 Å². The SMILES string of the molecule is Bc1c(B)c(B)c(-c2c3ccccc3c(-c3ccc(-c4ccc5oc(-c6ccc7c(c6)C(C)(C)c6ccccc6-7)cc5c4)c4oc5ccccc5c34)c3c(B)c(B)c(B)c(B)c23)c(B)c1B. The molecule has 0 amide bonds. The van der Waals surface area contributed by atoms with Gasteiger partial charge in [-0.2, -0.15) is 0 Å². The Hall–Kier alpha value is -6.58. The van der Waals surface area contributed by atoms with Crippen molar-refractivity contribution in [2.75, 3.05) is 0 Å². The van der Waals surface area contributed by atoms with Gasteiger partial charge in [-0.25, -0.2) is 0 Å². The minimum atomic E-state index is -0.0847. The molecule has 304 valence electrons. The van der Waals surface area contributed by atoms with Crippen molar-refractivity contribution in [3.63, 3.8) is 0 Å². The van der Waals surface area contributed by atoms with Crippen LogP contribution in [0.2, 0.25) is 0 Å². The van der Waals surface area contributed by atoms with E-state index >= 15 is 0 Å². The summed E-state index contributed by atoms with van der Waals surface area (Å²) in [5, 5.41) is 8.53. The zero-order valence-corrected chi connectivity index (χ0v) is 39.9. The quantitative estimate of drug-likeness (QED) is 0.184. The molecule has 12 rings (SSSR count). The molecule has 0 unspecified atom stereocenters. The molecule has 11 heteroatoms. The Kier molecular flexibility index (Phi) is 8.96. The third kappa shape index (κ3) is 5.55. The van der Waals surface area contributed by atoms with Crippen LogP contribution < -0.4 is 49.2 Å². The number of para-hydroxylation sites is 1. The van der Waals surface area contributed by atoms with Crippen molar-refractivity contribution in [2.45, 2.75) is 19.3 Å². The zero-order valence-electron chi connectivity index (χ0n) is 39.9. The smallest absolute Gasteiger partial charge is 0.143 e. The fourth-order valence-corrected chi connectivity index (χ4v) is 12.0. The molecule has 66 heavy (non-hydrogen) atoms. The van der Waals surface area contributed by atoms with Crippen LogP contribution in [-0.2, 0) is 5.41 Å². The van der Waals surface area contributed by atoms with E-state index in [1.54, 1.807) is 0 Å². The monoisotopic (exact) mass is 836 g/mol. The van der Waals surface area contributed by atoms with Gasteiger partial charge in [0.2, 0.25) is 0 Å². The molecule has 9 aromatic carbocycles. The van der Waals surface area contributed by atoms with E-state index in [4.69, 9.17) is 8.83 Å². The van der Waals surface area contributed by atoms with Crippen molar-refractivity contribution in [1.29, 1.82) is 0 Å². The first-order valence-corrected chi connectivity index (χ1v) is 23.5. The molecule has 1 aliphatic carbocycles. The molecule has 2 heterocycles. The lowest BCUT2D eigenvalue weighted by atomic mass is 9.58. The van der Waals surface area contributed by atoms with Crippen LogP contribution in [0, 0.1) is 0 Å². The number of rotatable bonds is 4. The molecule has 0 saturated carbocycles. The van der Waals surface area contributed by atoms with Crippen molar-refractivity contribution in [1.82, 2.24) is 0 Å². The maximum atomic E-state index is 7.04. The molecule has 0 bridgehead atoms. The molecule has 1 aliphatic rings. The number of hydrogen-bond acceptors (Lipinski definition) is 2. The highest BCUT2D eigenvalue weighted by Gasteiger charge is 2.35. The Bertz CT molecular complexity index is 3940. The highest BCUT2D eigenvalue weighted by atomic mass is 16.3. The second-order valence-electron chi connectivity index (χ2n) is 19.8. The van der Waals surface area contributed by atoms with E-state index in [0.717, 1.165) is 55.4 Å². The van der Waals surface area contributed by atoms with Crippen LogP contribution in [0.25, 0.3) is 110 Å². The number of hydrogen-bond donors (Lipinski definition) is 0. The van der Waals surface area contributed by atoms with E-state index in [9.17, 15) is 0 Å². The van der Waals surface area contributed by atoms with Gasteiger partial charge < -0.3 is 8.83 Å². The van der Waals surface area contributed by atoms with Crippen LogP contribution in [0.5, 0.6) is 0 Å². The Morgan fingerprint density at radius 3 is 1.64 bits per heavy atom. The van der Waals surface area contributed by atoms with Crippen LogP contribution in [0.3, 0.4) is 0 Å². The maximum absolute atomic E-state index is 7.04. The van der Waals surface area contributed by atoms with Crippen molar-refractivity contribution in [3.05, 3.63) is 139 Å². The minimum absolute atomic E-state index is 0.0847. The van der Waals surface area contributed by atoms with E-state index in [1.807, 2.05) is 0 Å². The second-order valence-corrected chi connectivity index (χ2v) is 19.8. The molecular formula is C55H45B9O2. The predicted octanol–water partition coefficient (Wildman–Crippen LogP) is -0.0615. The summed E-state index contributed by atoms with van der Waals surface area (Å²) in [4.78, 5) is 0. The Balaban J connectivity index is 1.10. The van der Waals surface area contributed by atoms with E-state index < -0.39 is 0 Å². The Labute approximate surface area is 394 Å². The summed E-state index contributed by atoms with van der Waals surface area (Å²) in [6.07, 6.45) is 0. The normalized spacial score (nSPS) is 13.1. The van der Waals surface area contributed by atoms with Crippen LogP contribution in [-0.4, -0.2) is 70.6 Å². The molecule has 0 N–H and O–H groups in total. The molecule has 0 spiro atoms. The zero-order chi connectivity index (χ0) is 45.7. The van der Waals surface area contributed by atoms with Gasteiger partial charge in [0.25, 0.3) is 0 Å². The number of benzene rings is 9. The fraction of sp³-hybridized carbons (Fsp3) is 0.0545. The summed E-state index contributed by atoms with van der Waals surface area (Å²) >= 11 is 0. The molecule has 0 atom stereocenters. The van der Waals surface area contributed by atoms with Crippen molar-refractivity contribution < 1.29 is 8.83 Å². The van der Waals surface area contributed by atoms with E-state index in [0.29, 0.717) is 0 Å². The average Bonchev–Trinajstić information content (AvgIpc) is 4.01. The number of furan rings is 2. The average molecular weight is 835 g/mol. The molecule has 0 saturated heterocycles. The van der Waals surface area contributed by atoms with Gasteiger partial charge in [0.05, 0.1) is 0 Å². The molecule has 0 radical (unpaired) electrons. The first kappa shape index (κ1) is 40.9. The summed E-state index contributed by atoms with van der Waals surface area (Å²) in [6.45, 7) is 4.66. The standard InChI is InChI=1S/C55H45B9O2/c1-55(2)34-13-7-5-9-28(34)29-17-15-25(22-35(29)55)38-23-26-21-24(16-20-36(26)65-38)27-18-19-33(40-32-12-6-8-14-37(32)66-54(27)40)39-30-10-3-4-11-31(30)41(43-42(39)45(56)49(60)50(61)46(43)57)44-47(58)51(62)53(64)52(63)48(44)59/h3-23H,56-64H2,1-2H3. The molecule has 0 aliphatic heterocycles. The third-order valence-corrected chi connectivity index (χ3v) is 16.4. The first-order valence-electron chi connectivity index (χ1n) is 23.5. The summed E-state index contributed by atoms with van der Waals surface area (Å²) in [6, 6.07) is 46.8. The minimum Gasteiger partial charge on any atom is -0.456 e. The van der Waals surface area contributed by atoms with Gasteiger partial charge >= 0.3 is 0 Å². The summed E-state index contributed by atoms with van der Waals surface area (Å²) < 4.78 is 13.7. The Morgan fingerprint density at radius 1 is 0.364 bits per heavy atom. The molecule has 2 nitrogen and oxygen atoms in total. The van der Waals surface area contributed by atoms with Crippen LogP contribution >= 0.6 is 0 Å². The summed E-state index contributed by atoms with van der Waals surface area (Å²) in [5.74, 6) is 0.876. The lowest BCUT2D eigenvalue weighted by Gasteiger charge is -2.28. The van der Waals surface area contributed by atoms with Gasteiger partial charge in [-0.1, -0.05) is 127 Å². The predicted molar refractivity (Wildman–Crippen MR) is 311 cm³/mol. The maximum Gasteiger partial charge on any atom is 0.143 e. The van der Waals surface area contributed by atoms with Gasteiger partial charge in [0, 0.05) is 32.7 Å². The summed E-state index contributed by atoms with van der Waals surface area (Å²) in [7, 11) is 20.8. The molecule has 11 aromatic rings. The third-order valence-electron chi connectivity index (χ3n) is 16.4. The van der Waals surface area contributed by atoms with Crippen molar-refractivity contribution >= 4 is 174 Å². The van der Waals surface area contributed by atoms with Gasteiger partial charge in [-0.05, 0) is 108 Å². The van der Waals surface area contributed by atoms with Gasteiger partial charge in [0.1, 0.15) is 93.1 Å². The van der Waals surface area contributed by atoms with Crippen LogP contribution in [0.15, 0.2) is 136 Å².